The molecule has 0 aromatic carbocycles. The van der Waals surface area contributed by atoms with Crippen LogP contribution < -0.4 is 4.74 Å². The first kappa shape index (κ1) is 14.5. The van der Waals surface area contributed by atoms with Gasteiger partial charge in [0.15, 0.2) is 0 Å². The standard InChI is InChI=1S/C15H19N5O2/c1-9-4-5-13(19-16-9)22-12-6-7-20(8-12)15(21)14-10(2)17-18-11(14)3/h4-5,12H,6-8H2,1-3H3,(H,17,18). The Morgan fingerprint density at radius 3 is 2.77 bits per heavy atom. The molecule has 0 aliphatic carbocycles. The highest BCUT2D eigenvalue weighted by Gasteiger charge is 2.30. The Labute approximate surface area is 128 Å². The number of H-pyrrole nitrogens is 1. The van der Waals surface area contributed by atoms with Crippen LogP contribution in [0, 0.1) is 20.8 Å². The molecule has 1 saturated heterocycles. The fourth-order valence-electron chi connectivity index (χ4n) is 2.65. The van der Waals surface area contributed by atoms with Gasteiger partial charge in [-0.25, -0.2) is 0 Å². The highest BCUT2D eigenvalue weighted by molar-refractivity contribution is 5.96. The Kier molecular flexibility index (Phi) is 3.79. The quantitative estimate of drug-likeness (QED) is 0.927. The molecule has 0 bridgehead atoms. The van der Waals surface area contributed by atoms with Crippen molar-refractivity contribution in [3.8, 4) is 5.88 Å². The fourth-order valence-corrected chi connectivity index (χ4v) is 2.65. The number of carbonyl (C=O) groups is 1. The number of aromatic nitrogens is 4. The maximum Gasteiger partial charge on any atom is 0.257 e. The van der Waals surface area contributed by atoms with Crippen LogP contribution in [-0.2, 0) is 0 Å². The third-order valence-corrected chi connectivity index (χ3v) is 3.84. The van der Waals surface area contributed by atoms with Gasteiger partial charge in [0.1, 0.15) is 6.10 Å². The Balaban J connectivity index is 1.65. The molecule has 3 rings (SSSR count). The van der Waals surface area contributed by atoms with Crippen molar-refractivity contribution in [2.45, 2.75) is 33.3 Å². The van der Waals surface area contributed by atoms with Crippen molar-refractivity contribution in [3.05, 3.63) is 34.8 Å². The third kappa shape index (κ3) is 2.79. The molecule has 7 nitrogen and oxygen atoms in total. The van der Waals surface area contributed by atoms with Gasteiger partial charge in [0, 0.05) is 24.7 Å². The number of aromatic amines is 1. The predicted octanol–water partition coefficient (Wildman–Crippen LogP) is 1.42. The molecule has 1 aliphatic rings. The van der Waals surface area contributed by atoms with Crippen molar-refractivity contribution >= 4 is 5.91 Å². The summed E-state index contributed by atoms with van der Waals surface area (Å²) in [5.41, 5.74) is 3.05. The summed E-state index contributed by atoms with van der Waals surface area (Å²) in [6, 6.07) is 3.66. The molecule has 116 valence electrons. The number of amides is 1. The van der Waals surface area contributed by atoms with Crippen molar-refractivity contribution in [2.24, 2.45) is 0 Å². The minimum atomic E-state index is -0.0477. The number of nitrogens with one attached hydrogen (secondary N) is 1. The molecule has 0 saturated carbocycles. The van der Waals surface area contributed by atoms with Gasteiger partial charge in [-0.2, -0.15) is 10.2 Å². The van der Waals surface area contributed by atoms with Gasteiger partial charge < -0.3 is 9.64 Å². The second kappa shape index (κ2) is 5.75. The molecule has 2 aromatic rings. The lowest BCUT2D eigenvalue weighted by Gasteiger charge is -2.17. The van der Waals surface area contributed by atoms with E-state index in [9.17, 15) is 4.79 Å². The lowest BCUT2D eigenvalue weighted by atomic mass is 10.2. The van der Waals surface area contributed by atoms with Crippen molar-refractivity contribution in [3.63, 3.8) is 0 Å². The molecule has 7 heteroatoms. The van der Waals surface area contributed by atoms with Gasteiger partial charge in [-0.1, -0.05) is 0 Å². The number of likely N-dealkylation sites (tertiary alicyclic amines) is 1. The molecule has 0 spiro atoms. The van der Waals surface area contributed by atoms with Gasteiger partial charge in [0.25, 0.3) is 5.91 Å². The van der Waals surface area contributed by atoms with Gasteiger partial charge in [-0.3, -0.25) is 9.89 Å². The second-order valence-electron chi connectivity index (χ2n) is 5.60. The van der Waals surface area contributed by atoms with Crippen LogP contribution in [0.4, 0.5) is 0 Å². The summed E-state index contributed by atoms with van der Waals surface area (Å²) in [7, 11) is 0. The van der Waals surface area contributed by atoms with Gasteiger partial charge in [-0.05, 0) is 26.8 Å². The molecule has 1 atom stereocenters. The van der Waals surface area contributed by atoms with Crippen LogP contribution in [0.1, 0.15) is 33.9 Å². The zero-order chi connectivity index (χ0) is 15.7. The minimum absolute atomic E-state index is 0.00448. The van der Waals surface area contributed by atoms with Crippen LogP contribution in [0.2, 0.25) is 0 Å². The van der Waals surface area contributed by atoms with Crippen LogP contribution in [0.25, 0.3) is 0 Å². The summed E-state index contributed by atoms with van der Waals surface area (Å²) < 4.78 is 5.80. The highest BCUT2D eigenvalue weighted by Crippen LogP contribution is 2.20. The molecule has 1 unspecified atom stereocenters. The van der Waals surface area contributed by atoms with Gasteiger partial charge in [-0.15, -0.1) is 5.10 Å². The predicted molar refractivity (Wildman–Crippen MR) is 79.8 cm³/mol. The molecule has 2 aromatic heterocycles. The molecule has 3 heterocycles. The number of ether oxygens (including phenoxy) is 1. The molecular weight excluding hydrogens is 282 g/mol. The second-order valence-corrected chi connectivity index (χ2v) is 5.60. The Hall–Kier alpha value is -2.44. The molecule has 1 amide bonds. The molecular formula is C15H19N5O2. The van der Waals surface area contributed by atoms with Crippen LogP contribution in [0.3, 0.4) is 0 Å². The van der Waals surface area contributed by atoms with Crippen LogP contribution >= 0.6 is 0 Å². The van der Waals surface area contributed by atoms with E-state index in [2.05, 4.69) is 20.4 Å². The molecule has 0 radical (unpaired) electrons. The van der Waals surface area contributed by atoms with Crippen LogP contribution in [0.5, 0.6) is 5.88 Å². The SMILES string of the molecule is Cc1ccc(OC2CCN(C(=O)c3c(C)n[nH]c3C)C2)nn1. The molecule has 22 heavy (non-hydrogen) atoms. The summed E-state index contributed by atoms with van der Waals surface area (Å²) in [5.74, 6) is 0.505. The van der Waals surface area contributed by atoms with E-state index in [1.54, 1.807) is 11.0 Å². The largest absolute Gasteiger partial charge is 0.471 e. The molecule has 1 fully saturated rings. The summed E-state index contributed by atoms with van der Waals surface area (Å²) in [6.45, 7) is 6.80. The zero-order valence-corrected chi connectivity index (χ0v) is 13.0. The lowest BCUT2D eigenvalue weighted by Crippen LogP contribution is -2.31. The Morgan fingerprint density at radius 2 is 2.14 bits per heavy atom. The zero-order valence-electron chi connectivity index (χ0n) is 13.0. The van der Waals surface area contributed by atoms with Gasteiger partial charge >= 0.3 is 0 Å². The van der Waals surface area contributed by atoms with E-state index in [1.807, 2.05) is 26.8 Å². The monoisotopic (exact) mass is 301 g/mol. The lowest BCUT2D eigenvalue weighted by molar-refractivity contribution is 0.0769. The fraction of sp³-hybridized carbons (Fsp3) is 0.467. The number of nitrogens with zero attached hydrogens (tertiary/aromatic N) is 4. The van der Waals surface area contributed by atoms with E-state index in [4.69, 9.17) is 4.74 Å². The van der Waals surface area contributed by atoms with E-state index in [-0.39, 0.29) is 12.0 Å². The first-order valence-corrected chi connectivity index (χ1v) is 7.32. The number of aryl methyl sites for hydroxylation is 3. The van der Waals surface area contributed by atoms with E-state index < -0.39 is 0 Å². The van der Waals surface area contributed by atoms with Crippen LogP contribution in [-0.4, -0.2) is 50.4 Å². The first-order valence-electron chi connectivity index (χ1n) is 7.32. The van der Waals surface area contributed by atoms with Gasteiger partial charge in [0.2, 0.25) is 5.88 Å². The van der Waals surface area contributed by atoms with Crippen molar-refractivity contribution in [2.75, 3.05) is 13.1 Å². The first-order chi connectivity index (χ1) is 10.5. The van der Waals surface area contributed by atoms with Crippen molar-refractivity contribution in [1.29, 1.82) is 0 Å². The van der Waals surface area contributed by atoms with E-state index in [1.165, 1.54) is 0 Å². The van der Waals surface area contributed by atoms with Crippen LogP contribution in [0.15, 0.2) is 12.1 Å². The average molecular weight is 301 g/mol. The van der Waals surface area contributed by atoms with E-state index >= 15 is 0 Å². The van der Waals surface area contributed by atoms with Gasteiger partial charge in [0.05, 0.1) is 23.5 Å². The normalized spacial score (nSPS) is 17.8. The Bertz CT molecular complexity index is 660. The maximum absolute atomic E-state index is 12.6. The van der Waals surface area contributed by atoms with Crippen molar-refractivity contribution < 1.29 is 9.53 Å². The number of hydrogen-bond donors (Lipinski definition) is 1. The highest BCUT2D eigenvalue weighted by atomic mass is 16.5. The molecule has 1 aliphatic heterocycles. The maximum atomic E-state index is 12.6. The summed E-state index contributed by atoms with van der Waals surface area (Å²) >= 11 is 0. The molecule has 1 N–H and O–H groups in total. The number of hydrogen-bond acceptors (Lipinski definition) is 5. The summed E-state index contributed by atoms with van der Waals surface area (Å²) in [4.78, 5) is 14.4. The van der Waals surface area contributed by atoms with E-state index in [0.29, 0.717) is 24.5 Å². The smallest absolute Gasteiger partial charge is 0.257 e. The number of carbonyl (C=O) groups excluding carboxylic acids is 1. The number of rotatable bonds is 3. The van der Waals surface area contributed by atoms with E-state index in [0.717, 1.165) is 23.5 Å². The summed E-state index contributed by atoms with van der Waals surface area (Å²) in [6.07, 6.45) is 0.741. The van der Waals surface area contributed by atoms with Crippen molar-refractivity contribution in [1.82, 2.24) is 25.3 Å². The third-order valence-electron chi connectivity index (χ3n) is 3.84. The summed E-state index contributed by atoms with van der Waals surface area (Å²) in [5, 5.41) is 14.9. The topological polar surface area (TPSA) is 84.0 Å². The Morgan fingerprint density at radius 1 is 1.32 bits per heavy atom. The minimum Gasteiger partial charge on any atom is -0.471 e. The average Bonchev–Trinajstić information content (AvgIpc) is 3.08.